The third-order valence-corrected chi connectivity index (χ3v) is 7.13. The van der Waals surface area contributed by atoms with Gasteiger partial charge in [0.15, 0.2) is 6.61 Å². The van der Waals surface area contributed by atoms with E-state index in [4.69, 9.17) is 21.1 Å². The number of esters is 1. The van der Waals surface area contributed by atoms with Gasteiger partial charge in [-0.1, -0.05) is 30.2 Å². The summed E-state index contributed by atoms with van der Waals surface area (Å²) >= 11 is 5.89. The van der Waals surface area contributed by atoms with Crippen LogP contribution in [0.5, 0.6) is 5.75 Å². The van der Waals surface area contributed by atoms with Crippen LogP contribution in [0.25, 0.3) is 6.08 Å². The van der Waals surface area contributed by atoms with E-state index in [-0.39, 0.29) is 16.3 Å². The summed E-state index contributed by atoms with van der Waals surface area (Å²) in [5.74, 6) is -1.06. The molecule has 3 rings (SSSR count). The van der Waals surface area contributed by atoms with Crippen molar-refractivity contribution in [1.82, 2.24) is 4.31 Å². The number of nitrogens with one attached hydrogen (secondary N) is 1. The lowest BCUT2D eigenvalue weighted by Gasteiger charge is -2.26. The third-order valence-electron chi connectivity index (χ3n) is 5.00. The molecule has 1 amide bonds. The number of ether oxygens (including phenoxy) is 2. The molecule has 0 saturated carbocycles. The molecule has 1 N–H and O–H groups in total. The van der Waals surface area contributed by atoms with Gasteiger partial charge in [0.2, 0.25) is 10.0 Å². The second-order valence-electron chi connectivity index (χ2n) is 7.37. The van der Waals surface area contributed by atoms with Gasteiger partial charge in [0.1, 0.15) is 5.75 Å². The van der Waals surface area contributed by atoms with Gasteiger partial charge in [-0.15, -0.1) is 0 Å². The minimum Gasteiger partial charge on any atom is -0.495 e. The van der Waals surface area contributed by atoms with Crippen LogP contribution in [0.1, 0.15) is 24.8 Å². The Bertz CT molecular complexity index is 1140. The average molecular weight is 493 g/mol. The van der Waals surface area contributed by atoms with E-state index in [1.165, 1.54) is 41.8 Å². The molecule has 0 spiro atoms. The SMILES string of the molecule is COc1ccc(S(=O)(=O)N2CCCCC2)cc1NC(=O)COC(=O)/C=C/c1cccc(Cl)c1. The van der Waals surface area contributed by atoms with Gasteiger partial charge in [-0.2, -0.15) is 4.31 Å². The molecule has 0 radical (unpaired) electrons. The number of hydrogen-bond donors (Lipinski definition) is 1. The first-order valence-electron chi connectivity index (χ1n) is 10.4. The van der Waals surface area contributed by atoms with Crippen LogP contribution in [-0.2, 0) is 24.3 Å². The van der Waals surface area contributed by atoms with Gasteiger partial charge in [-0.25, -0.2) is 13.2 Å². The summed E-state index contributed by atoms with van der Waals surface area (Å²) in [6.45, 7) is 0.383. The second-order valence-corrected chi connectivity index (χ2v) is 9.75. The number of anilines is 1. The summed E-state index contributed by atoms with van der Waals surface area (Å²) in [5, 5.41) is 3.08. The van der Waals surface area contributed by atoms with Gasteiger partial charge >= 0.3 is 5.97 Å². The molecule has 1 aliphatic rings. The number of carbonyl (C=O) groups excluding carboxylic acids is 2. The molecule has 0 unspecified atom stereocenters. The third kappa shape index (κ3) is 6.80. The van der Waals surface area contributed by atoms with E-state index in [9.17, 15) is 18.0 Å². The molecule has 0 bridgehead atoms. The summed E-state index contributed by atoms with van der Waals surface area (Å²) in [5.41, 5.74) is 0.881. The molecule has 1 fully saturated rings. The number of methoxy groups -OCH3 is 1. The molecule has 2 aromatic rings. The summed E-state index contributed by atoms with van der Waals surface area (Å²) in [4.78, 5) is 24.3. The fourth-order valence-corrected chi connectivity index (χ4v) is 5.09. The number of benzene rings is 2. The maximum Gasteiger partial charge on any atom is 0.331 e. The van der Waals surface area contributed by atoms with Gasteiger partial charge in [-0.3, -0.25) is 4.79 Å². The molecule has 8 nitrogen and oxygen atoms in total. The minimum absolute atomic E-state index is 0.0574. The summed E-state index contributed by atoms with van der Waals surface area (Å²) in [6, 6.07) is 11.2. The van der Waals surface area contributed by atoms with E-state index in [1.54, 1.807) is 24.3 Å². The van der Waals surface area contributed by atoms with E-state index in [0.29, 0.717) is 23.7 Å². The number of amides is 1. The number of hydrogen-bond acceptors (Lipinski definition) is 6. The summed E-state index contributed by atoms with van der Waals surface area (Å²) in [6.07, 6.45) is 5.34. The Morgan fingerprint density at radius 1 is 1.12 bits per heavy atom. The quantitative estimate of drug-likeness (QED) is 0.445. The van der Waals surface area contributed by atoms with E-state index in [1.807, 2.05) is 0 Å². The monoisotopic (exact) mass is 492 g/mol. The van der Waals surface area contributed by atoms with Gasteiger partial charge in [0.05, 0.1) is 17.7 Å². The van der Waals surface area contributed by atoms with Crippen LogP contribution in [0.3, 0.4) is 0 Å². The van der Waals surface area contributed by atoms with Crippen molar-refractivity contribution >= 4 is 45.3 Å². The van der Waals surface area contributed by atoms with Gasteiger partial charge < -0.3 is 14.8 Å². The Hall–Kier alpha value is -2.88. The molecule has 10 heteroatoms. The zero-order valence-electron chi connectivity index (χ0n) is 18.1. The standard InChI is InChI=1S/C23H25ClN2O6S/c1-31-21-10-9-19(33(29,30)26-12-3-2-4-13-26)15-20(21)25-22(27)16-32-23(28)11-8-17-6-5-7-18(24)14-17/h5-11,14-15H,2-4,12-13,16H2,1H3,(H,25,27)/b11-8+. The smallest absolute Gasteiger partial charge is 0.331 e. The molecule has 0 aromatic heterocycles. The Morgan fingerprint density at radius 3 is 2.58 bits per heavy atom. The van der Waals surface area contributed by atoms with Crippen LogP contribution in [0.4, 0.5) is 5.69 Å². The maximum absolute atomic E-state index is 12.9. The molecule has 1 heterocycles. The fraction of sp³-hybridized carbons (Fsp3) is 0.304. The van der Waals surface area contributed by atoms with Crippen LogP contribution in [0, 0.1) is 0 Å². The second kappa shape index (κ2) is 11.3. The van der Waals surface area contributed by atoms with Gasteiger partial charge in [0, 0.05) is 24.2 Å². The largest absolute Gasteiger partial charge is 0.495 e. The van der Waals surface area contributed by atoms with Gasteiger partial charge in [-0.05, 0) is 54.8 Å². The minimum atomic E-state index is -3.69. The van der Waals surface area contributed by atoms with Crippen LogP contribution < -0.4 is 10.1 Å². The van der Waals surface area contributed by atoms with E-state index in [2.05, 4.69) is 5.32 Å². The average Bonchev–Trinajstić information content (AvgIpc) is 2.82. The first kappa shape index (κ1) is 24.8. The summed E-state index contributed by atoms with van der Waals surface area (Å²) < 4.78 is 37.5. The lowest BCUT2D eigenvalue weighted by Crippen LogP contribution is -2.35. The lowest BCUT2D eigenvalue weighted by molar-refractivity contribution is -0.142. The molecular weight excluding hydrogens is 468 g/mol. The highest BCUT2D eigenvalue weighted by atomic mass is 35.5. The van der Waals surface area contributed by atoms with Crippen molar-refractivity contribution < 1.29 is 27.5 Å². The van der Waals surface area contributed by atoms with Crippen molar-refractivity contribution in [1.29, 1.82) is 0 Å². The molecule has 176 valence electrons. The summed E-state index contributed by atoms with van der Waals surface area (Å²) in [7, 11) is -2.28. The normalized spacial score (nSPS) is 14.7. The molecule has 2 aromatic carbocycles. The predicted molar refractivity (Wildman–Crippen MR) is 126 cm³/mol. The zero-order chi connectivity index (χ0) is 23.8. The number of carbonyl (C=O) groups is 2. The lowest BCUT2D eigenvalue weighted by atomic mass is 10.2. The number of piperidine rings is 1. The first-order chi connectivity index (χ1) is 15.8. The van der Waals surface area contributed by atoms with E-state index in [0.717, 1.165) is 19.3 Å². The topological polar surface area (TPSA) is 102 Å². The Morgan fingerprint density at radius 2 is 1.88 bits per heavy atom. The van der Waals surface area contributed by atoms with Crippen LogP contribution >= 0.6 is 11.6 Å². The first-order valence-corrected chi connectivity index (χ1v) is 12.2. The highest BCUT2D eigenvalue weighted by Gasteiger charge is 2.27. The maximum atomic E-state index is 12.9. The van der Waals surface area contributed by atoms with E-state index < -0.39 is 28.5 Å². The van der Waals surface area contributed by atoms with Crippen LogP contribution in [0.15, 0.2) is 53.4 Å². The highest BCUT2D eigenvalue weighted by Crippen LogP contribution is 2.30. The number of nitrogens with zero attached hydrogens (tertiary/aromatic N) is 1. The zero-order valence-corrected chi connectivity index (χ0v) is 19.7. The Balaban J connectivity index is 1.63. The predicted octanol–water partition coefficient (Wildman–Crippen LogP) is 3.72. The number of halogens is 1. The fourth-order valence-electron chi connectivity index (χ4n) is 3.35. The van der Waals surface area contributed by atoms with Crippen molar-refractivity contribution in [2.45, 2.75) is 24.2 Å². The van der Waals surface area contributed by atoms with Crippen molar-refractivity contribution in [2.24, 2.45) is 0 Å². The van der Waals surface area contributed by atoms with Crippen molar-refractivity contribution in [2.75, 3.05) is 32.1 Å². The van der Waals surface area contributed by atoms with Crippen molar-refractivity contribution in [3.63, 3.8) is 0 Å². The van der Waals surface area contributed by atoms with Crippen molar-refractivity contribution in [3.8, 4) is 5.75 Å². The number of sulfonamides is 1. The van der Waals surface area contributed by atoms with E-state index >= 15 is 0 Å². The Labute approximate surface area is 198 Å². The molecule has 1 aliphatic heterocycles. The van der Waals surface area contributed by atoms with Crippen LogP contribution in [-0.4, -0.2) is 51.4 Å². The van der Waals surface area contributed by atoms with Crippen LogP contribution in [0.2, 0.25) is 5.02 Å². The highest BCUT2D eigenvalue weighted by molar-refractivity contribution is 7.89. The van der Waals surface area contributed by atoms with Gasteiger partial charge in [0.25, 0.3) is 5.91 Å². The molecule has 0 atom stereocenters. The number of rotatable bonds is 8. The molecule has 1 saturated heterocycles. The molecular formula is C23H25ClN2O6S. The van der Waals surface area contributed by atoms with Crippen molar-refractivity contribution in [3.05, 3.63) is 59.1 Å². The molecule has 0 aliphatic carbocycles. The molecule has 33 heavy (non-hydrogen) atoms. The Kier molecular flexibility index (Phi) is 8.49.